The quantitative estimate of drug-likeness (QED) is 0.0122. The first kappa shape index (κ1) is 64.5. The van der Waals surface area contributed by atoms with Crippen LogP contribution in [0.2, 0.25) is 0 Å². The lowest BCUT2D eigenvalue weighted by molar-refractivity contribution is -0.438. The number of hydrogen-bond donors (Lipinski definition) is 6. The molecule has 11 unspecified atom stereocenters. The van der Waals surface area contributed by atoms with Crippen molar-refractivity contribution in [2.24, 2.45) is 34.5 Å². The summed E-state index contributed by atoms with van der Waals surface area (Å²) in [5, 5.41) is 33.0. The average molecular weight is 1230 g/mol. The van der Waals surface area contributed by atoms with Crippen molar-refractivity contribution >= 4 is 74.6 Å². The molecule has 3 aliphatic heterocycles. The SMILES string of the molecule is CCN1C(=CC=CC=CC2=[N+](CCCCCC(=O)NC(CS)C(=O)NCCCNC(=O)COC3CCC4(C)C(CCC5C4CC(O)C4(C)C(C6=CC(=O)OC6)CCC54O)C3)c3ccc(S(=O)[O-])cc3C2(C)C)C(C)(C)c2cc(S(=O)(=O)[O-])ccc21. The fraction of sp³-hybridized carbons (Fsp3) is 0.609. The van der Waals surface area contributed by atoms with Crippen molar-refractivity contribution < 1.29 is 65.2 Å². The van der Waals surface area contributed by atoms with E-state index in [4.69, 9.17) is 9.47 Å². The normalized spacial score (nSPS) is 30.4. The van der Waals surface area contributed by atoms with Gasteiger partial charge in [0.05, 0.1) is 28.1 Å². The minimum Gasteiger partial charge on any atom is -0.768 e. The smallest absolute Gasteiger partial charge is 0.331 e. The van der Waals surface area contributed by atoms with Gasteiger partial charge >= 0.3 is 5.97 Å². The molecule has 7 aliphatic rings. The lowest BCUT2D eigenvalue weighted by atomic mass is 9.42. The molecule has 5 N–H and O–H groups in total. The Morgan fingerprint density at radius 2 is 1.68 bits per heavy atom. The zero-order chi connectivity index (χ0) is 61.4. The zero-order valence-corrected chi connectivity index (χ0v) is 52.7. The Kier molecular flexibility index (Phi) is 19.4. The van der Waals surface area contributed by atoms with Crippen molar-refractivity contribution in [1.29, 1.82) is 0 Å². The maximum Gasteiger partial charge on any atom is 0.331 e. The lowest BCUT2D eigenvalue weighted by Crippen LogP contribution is -2.67. The highest BCUT2D eigenvalue weighted by Gasteiger charge is 2.71. The molecule has 0 aromatic heterocycles. The van der Waals surface area contributed by atoms with Gasteiger partial charge in [-0.05, 0) is 179 Å². The minimum absolute atomic E-state index is 0.0533. The summed E-state index contributed by atoms with van der Waals surface area (Å²) < 4.78 is 73.4. The topological polar surface area (TPSA) is 267 Å². The van der Waals surface area contributed by atoms with E-state index in [1.807, 2.05) is 64.1 Å². The van der Waals surface area contributed by atoms with Gasteiger partial charge in [-0.1, -0.05) is 45.9 Å². The Hall–Kier alpha value is -5.00. The molecular formula is C64H86N5O13S3-. The molecule has 21 heteroatoms. The number of benzene rings is 2. The van der Waals surface area contributed by atoms with Crippen molar-refractivity contribution in [2.45, 2.75) is 176 Å². The summed E-state index contributed by atoms with van der Waals surface area (Å²) in [5.41, 5.74) is 3.20. The van der Waals surface area contributed by atoms with E-state index >= 15 is 0 Å². The van der Waals surface area contributed by atoms with E-state index in [2.05, 4.69) is 58.8 Å². The Bertz CT molecular complexity index is 3230. The summed E-state index contributed by atoms with van der Waals surface area (Å²) in [7, 11) is -4.63. The molecular weight excluding hydrogens is 1140 g/mol. The molecule has 0 saturated heterocycles. The van der Waals surface area contributed by atoms with E-state index in [1.165, 1.54) is 12.1 Å². The number of aliphatic hydroxyl groups excluding tert-OH is 1. The van der Waals surface area contributed by atoms with Crippen LogP contribution in [0.1, 0.15) is 143 Å². The van der Waals surface area contributed by atoms with Gasteiger partial charge in [-0.25, -0.2) is 13.2 Å². The fourth-order valence-electron chi connectivity index (χ4n) is 16.1. The number of fused-ring (bicyclic) bond motifs is 7. The van der Waals surface area contributed by atoms with E-state index in [0.29, 0.717) is 57.7 Å². The first-order valence-electron chi connectivity index (χ1n) is 30.4. The second-order valence-corrected chi connectivity index (χ2v) is 28.7. The highest BCUT2D eigenvalue weighted by Crippen LogP contribution is 2.70. The van der Waals surface area contributed by atoms with E-state index in [9.17, 15) is 51.1 Å². The number of hydrogen-bond acceptors (Lipinski definition) is 15. The first-order valence-corrected chi connectivity index (χ1v) is 33.5. The Balaban J connectivity index is 0.694. The molecule has 3 amide bonds. The van der Waals surface area contributed by atoms with Gasteiger partial charge in [-0.3, -0.25) is 18.6 Å². The summed E-state index contributed by atoms with van der Waals surface area (Å²) in [6.45, 7) is 16.5. The van der Waals surface area contributed by atoms with Crippen LogP contribution in [0.25, 0.3) is 0 Å². The molecule has 2 aromatic rings. The molecule has 3 heterocycles. The van der Waals surface area contributed by atoms with Crippen LogP contribution in [-0.2, 0) is 60.7 Å². The van der Waals surface area contributed by atoms with Crippen molar-refractivity contribution in [3.05, 3.63) is 95.3 Å². The highest BCUT2D eigenvalue weighted by molar-refractivity contribution is 7.85. The number of thiol groups is 1. The number of esters is 1. The Morgan fingerprint density at radius 3 is 2.39 bits per heavy atom. The third kappa shape index (κ3) is 12.6. The number of rotatable bonds is 23. The number of nitrogens with zero attached hydrogens (tertiary/aromatic N) is 2. The molecule has 0 spiro atoms. The molecule has 0 bridgehead atoms. The van der Waals surface area contributed by atoms with Crippen molar-refractivity contribution in [3.8, 4) is 0 Å². The van der Waals surface area contributed by atoms with Crippen LogP contribution in [-0.4, -0.2) is 135 Å². The molecule has 4 fully saturated rings. The number of aliphatic hydroxyl groups is 2. The lowest BCUT2D eigenvalue weighted by Gasteiger charge is -2.65. The number of unbranched alkanes of at least 4 members (excludes halogenated alkanes) is 2. The van der Waals surface area contributed by atoms with Gasteiger partial charge in [0.25, 0.3) is 0 Å². The maximum atomic E-state index is 13.1. The van der Waals surface area contributed by atoms with Crippen LogP contribution in [0, 0.1) is 34.5 Å². The van der Waals surface area contributed by atoms with Gasteiger partial charge in [0.2, 0.25) is 23.4 Å². The number of likely N-dealkylation sites (N-methyl/N-ethyl adjacent to an activating group) is 1. The van der Waals surface area contributed by atoms with Gasteiger partial charge in [0, 0.05) is 89.1 Å². The second-order valence-electron chi connectivity index (χ2n) is 26.1. The summed E-state index contributed by atoms with van der Waals surface area (Å²) >= 11 is 1.93. The second kappa shape index (κ2) is 25.6. The van der Waals surface area contributed by atoms with Crippen LogP contribution >= 0.6 is 12.6 Å². The summed E-state index contributed by atoms with van der Waals surface area (Å²) in [4.78, 5) is 53.2. The number of cyclic esters (lactones) is 1. The molecule has 11 atom stereocenters. The molecule has 0 radical (unpaired) electrons. The predicted octanol–water partition coefficient (Wildman–Crippen LogP) is 7.23. The van der Waals surface area contributed by atoms with E-state index in [1.54, 1.807) is 24.3 Å². The number of carbonyl (C=O) groups excluding carboxylic acids is 4. The summed E-state index contributed by atoms with van der Waals surface area (Å²) in [5.74, 6) is -0.668. The molecule has 4 saturated carbocycles. The highest BCUT2D eigenvalue weighted by atomic mass is 32.2. The van der Waals surface area contributed by atoms with Crippen LogP contribution in [0.3, 0.4) is 0 Å². The van der Waals surface area contributed by atoms with Crippen molar-refractivity contribution in [2.75, 3.05) is 50.0 Å². The van der Waals surface area contributed by atoms with Crippen LogP contribution in [0.5, 0.6) is 0 Å². The average Bonchev–Trinajstić information content (AvgIpc) is 1.69. The number of nitrogens with one attached hydrogen (secondary N) is 3. The summed E-state index contributed by atoms with van der Waals surface area (Å²) in [6, 6.07) is 8.82. The van der Waals surface area contributed by atoms with Gasteiger partial charge in [-0.2, -0.15) is 17.2 Å². The van der Waals surface area contributed by atoms with Gasteiger partial charge in [0.15, 0.2) is 5.71 Å². The van der Waals surface area contributed by atoms with Gasteiger partial charge in [-0.15, -0.1) is 0 Å². The third-order valence-corrected chi connectivity index (χ3v) is 22.7. The standard InChI is InChI=1S/C64H87N5O13S3/c1-8-68-51-24-21-44(85(78,79)80)35-49(51)61(4,5)53(68)16-11-9-12-17-54-60(2,3)48-34-43(84(76)77)20-23-52(48)69(54)31-14-10-13-18-56(71)67-50(39-83)59(74)66-30-15-29-65-57(72)38-81-42-25-27-62(6)41(33-42)19-22-46-47(62)36-55(70)63(7)45(26-28-64(46,63)75)40-32-58(73)82-37-40/h9,11-12,16-17,20-21,23-24,32,34-35,41-42,45-47,50,55,70,75H,8,10,13-15,18-19,22,25-31,33,36-39H2,1-7H3,(H5-,65,66,67,71,72,74,76,77,78,79,80,83)/p-1. The monoisotopic (exact) mass is 1230 g/mol. The molecule has 2 aromatic carbocycles. The van der Waals surface area contributed by atoms with Gasteiger partial charge in [0.1, 0.15) is 35.9 Å². The Labute approximate surface area is 509 Å². The van der Waals surface area contributed by atoms with Gasteiger partial charge < -0.3 is 49.6 Å². The van der Waals surface area contributed by atoms with Crippen molar-refractivity contribution in [3.63, 3.8) is 0 Å². The Morgan fingerprint density at radius 1 is 0.918 bits per heavy atom. The molecule has 9 rings (SSSR count). The number of amides is 3. The van der Waals surface area contributed by atoms with Crippen LogP contribution < -0.4 is 20.9 Å². The fourth-order valence-corrected chi connectivity index (χ4v) is 17.2. The van der Waals surface area contributed by atoms with E-state index in [-0.39, 0.29) is 94.7 Å². The molecule has 464 valence electrons. The maximum absolute atomic E-state index is 13.1. The molecule has 85 heavy (non-hydrogen) atoms. The number of ether oxygens (including phenoxy) is 2. The van der Waals surface area contributed by atoms with E-state index < -0.39 is 55.2 Å². The number of anilines is 1. The van der Waals surface area contributed by atoms with Crippen molar-refractivity contribution in [1.82, 2.24) is 16.0 Å². The minimum atomic E-state index is -4.63. The van der Waals surface area contributed by atoms with Crippen LogP contribution in [0.4, 0.5) is 11.4 Å². The largest absolute Gasteiger partial charge is 0.768 e. The van der Waals surface area contributed by atoms with Crippen LogP contribution in [0.15, 0.2) is 93.9 Å². The number of allylic oxidation sites excluding steroid dienone is 6. The molecule has 18 nitrogen and oxygen atoms in total. The molecule has 4 aliphatic carbocycles. The summed E-state index contributed by atoms with van der Waals surface area (Å²) in [6.07, 6.45) is 19.4. The zero-order valence-electron chi connectivity index (χ0n) is 50.2. The number of carbonyl (C=O) groups is 4. The van der Waals surface area contributed by atoms with E-state index in [0.717, 1.165) is 84.4 Å². The first-order chi connectivity index (χ1) is 40.2. The third-order valence-electron chi connectivity index (χ3n) is 20.8. The predicted molar refractivity (Wildman–Crippen MR) is 325 cm³/mol.